The Hall–Kier alpha value is -1.63. The molecule has 0 aliphatic carbocycles. The van der Waals surface area contributed by atoms with Gasteiger partial charge in [-0.1, -0.05) is 0 Å². The molecule has 1 aromatic rings. The molecule has 3 nitrogen and oxygen atoms in total. The van der Waals surface area contributed by atoms with Gasteiger partial charge in [-0.25, -0.2) is 9.45 Å². The molecule has 1 aromatic carbocycles. The van der Waals surface area contributed by atoms with Crippen molar-refractivity contribution in [1.82, 2.24) is 0 Å². The molecule has 1 rings (SSSR count). The summed E-state index contributed by atoms with van der Waals surface area (Å²) in [6.07, 6.45) is -4.43. The maximum atomic E-state index is 12.8. The summed E-state index contributed by atoms with van der Waals surface area (Å²) in [5.74, 6) is -1.43. The molecule has 7 heteroatoms. The van der Waals surface area contributed by atoms with Gasteiger partial charge in [-0.3, -0.25) is 10.6 Å². The lowest BCUT2D eigenvalue weighted by molar-refractivity contribution is -0.139. The number of nitrogens with one attached hydrogen (secondary N) is 1. The zero-order chi connectivity index (χ0) is 11.6. The molecule has 82 valence electrons. The summed E-state index contributed by atoms with van der Waals surface area (Å²) in [6, 6.07) is 1.92. The second kappa shape index (κ2) is 3.85. The van der Waals surface area contributed by atoms with Gasteiger partial charge in [0.15, 0.2) is 0 Å². The van der Waals surface area contributed by atoms with Crippen molar-refractivity contribution in [1.29, 1.82) is 5.41 Å². The highest BCUT2D eigenvalue weighted by Crippen LogP contribution is 2.33. The van der Waals surface area contributed by atoms with Crippen LogP contribution in [0, 0.1) is 11.2 Å². The number of hydrogen-bond donors (Lipinski definition) is 2. The Balaban J connectivity index is 3.22. The Morgan fingerprint density at radius 3 is 2.40 bits per heavy atom. The molecule has 15 heavy (non-hydrogen) atoms. The van der Waals surface area contributed by atoms with Gasteiger partial charge in [0.05, 0.1) is 11.3 Å². The number of benzene rings is 1. The zero-order valence-electron chi connectivity index (χ0n) is 7.22. The molecule has 0 aromatic heterocycles. The largest absolute Gasteiger partial charge is 0.419 e. The van der Waals surface area contributed by atoms with E-state index in [1.807, 2.05) is 0 Å². The van der Waals surface area contributed by atoms with Crippen LogP contribution in [-0.2, 0) is 6.18 Å². The molecular formula is C8H6F4N2O. The van der Waals surface area contributed by atoms with Gasteiger partial charge < -0.3 is 0 Å². The van der Waals surface area contributed by atoms with Gasteiger partial charge >= 0.3 is 6.18 Å². The van der Waals surface area contributed by atoms with Crippen LogP contribution in [0.4, 0.5) is 23.2 Å². The average Bonchev–Trinajstić information content (AvgIpc) is 2.15. The molecular weight excluding hydrogens is 216 g/mol. The van der Waals surface area contributed by atoms with Gasteiger partial charge in [0, 0.05) is 0 Å². The Morgan fingerprint density at radius 1 is 1.33 bits per heavy atom. The summed E-state index contributed by atoms with van der Waals surface area (Å²) in [5, 5.41) is 15.7. The predicted octanol–water partition coefficient (Wildman–Crippen LogP) is 2.65. The van der Waals surface area contributed by atoms with Crippen LogP contribution in [-0.4, -0.2) is 11.5 Å². The summed E-state index contributed by atoms with van der Waals surface area (Å²) in [5.41, 5.74) is -1.82. The smallest absolute Gasteiger partial charge is 0.289 e. The molecule has 0 unspecified atom stereocenters. The van der Waals surface area contributed by atoms with Crippen LogP contribution in [0.25, 0.3) is 0 Å². The molecule has 0 radical (unpaired) electrons. The Kier molecular flexibility index (Phi) is 2.94. The fourth-order valence-corrected chi connectivity index (χ4v) is 0.948. The minimum atomic E-state index is -4.83. The first-order chi connectivity index (χ1) is 6.86. The summed E-state index contributed by atoms with van der Waals surface area (Å²) in [4.78, 5) is 0. The van der Waals surface area contributed by atoms with E-state index < -0.39 is 17.6 Å². The molecule has 0 spiro atoms. The molecule has 0 saturated carbocycles. The van der Waals surface area contributed by atoms with Crippen LogP contribution in [0.3, 0.4) is 0 Å². The van der Waals surface area contributed by atoms with E-state index >= 15 is 0 Å². The lowest BCUT2D eigenvalue weighted by Gasteiger charge is -2.13. The van der Waals surface area contributed by atoms with E-state index in [1.165, 1.54) is 0 Å². The summed E-state index contributed by atoms with van der Waals surface area (Å²) in [7, 11) is 0. The predicted molar refractivity (Wildman–Crippen MR) is 44.5 cm³/mol. The fourth-order valence-electron chi connectivity index (χ4n) is 0.948. The SMILES string of the molecule is N=CN(O)c1ccc(F)c(C(F)(F)F)c1. The molecule has 0 atom stereocenters. The van der Waals surface area contributed by atoms with Crippen molar-refractivity contribution in [3.05, 3.63) is 29.6 Å². The van der Waals surface area contributed by atoms with E-state index in [1.54, 1.807) is 0 Å². The fraction of sp³-hybridized carbons (Fsp3) is 0.125. The van der Waals surface area contributed by atoms with Gasteiger partial charge in [0.1, 0.15) is 12.2 Å². The highest BCUT2D eigenvalue weighted by Gasteiger charge is 2.34. The quantitative estimate of drug-likeness (QED) is 0.349. The maximum absolute atomic E-state index is 12.8. The number of rotatable bonds is 2. The minimum absolute atomic E-state index is 0.147. The van der Waals surface area contributed by atoms with E-state index in [4.69, 9.17) is 10.6 Å². The molecule has 2 N–H and O–H groups in total. The van der Waals surface area contributed by atoms with Crippen molar-refractivity contribution in [3.8, 4) is 0 Å². The minimum Gasteiger partial charge on any atom is -0.289 e. The molecule has 0 bridgehead atoms. The summed E-state index contributed by atoms with van der Waals surface area (Å²) < 4.78 is 49.4. The lowest BCUT2D eigenvalue weighted by Crippen LogP contribution is -2.16. The van der Waals surface area contributed by atoms with Crippen LogP contribution in [0.2, 0.25) is 0 Å². The Labute approximate surface area is 82.0 Å². The van der Waals surface area contributed by atoms with Crippen LogP contribution < -0.4 is 5.06 Å². The third-order valence-corrected chi connectivity index (χ3v) is 1.64. The molecule has 0 saturated heterocycles. The van der Waals surface area contributed by atoms with E-state index in [9.17, 15) is 17.6 Å². The van der Waals surface area contributed by atoms with Crippen molar-refractivity contribution in [2.45, 2.75) is 6.18 Å². The summed E-state index contributed by atoms with van der Waals surface area (Å²) >= 11 is 0. The van der Waals surface area contributed by atoms with Gasteiger partial charge in [-0.05, 0) is 18.2 Å². The average molecular weight is 222 g/mol. The first-order valence-electron chi connectivity index (χ1n) is 3.71. The van der Waals surface area contributed by atoms with Gasteiger partial charge in [0.2, 0.25) is 0 Å². The number of hydrogen-bond acceptors (Lipinski definition) is 2. The van der Waals surface area contributed by atoms with Gasteiger partial charge in [-0.2, -0.15) is 13.2 Å². The lowest BCUT2D eigenvalue weighted by atomic mass is 10.2. The number of alkyl halides is 3. The second-order valence-electron chi connectivity index (χ2n) is 2.64. The maximum Gasteiger partial charge on any atom is 0.419 e. The van der Waals surface area contributed by atoms with Gasteiger partial charge in [-0.15, -0.1) is 0 Å². The van der Waals surface area contributed by atoms with Crippen LogP contribution in [0.1, 0.15) is 5.56 Å². The first-order valence-corrected chi connectivity index (χ1v) is 3.71. The van der Waals surface area contributed by atoms with Crippen molar-refractivity contribution in [2.24, 2.45) is 0 Å². The molecule has 0 amide bonds. The molecule has 0 heterocycles. The Bertz CT molecular complexity index is 377. The molecule has 0 aliphatic heterocycles. The van der Waals surface area contributed by atoms with E-state index in [0.717, 1.165) is 6.07 Å². The van der Waals surface area contributed by atoms with Crippen molar-refractivity contribution < 1.29 is 22.8 Å². The normalized spacial score (nSPS) is 11.3. The number of nitrogens with zero attached hydrogens (tertiary/aromatic N) is 1. The topological polar surface area (TPSA) is 47.3 Å². The third-order valence-electron chi connectivity index (χ3n) is 1.64. The summed E-state index contributed by atoms with van der Waals surface area (Å²) in [6.45, 7) is 0. The second-order valence-corrected chi connectivity index (χ2v) is 2.64. The van der Waals surface area contributed by atoms with Crippen molar-refractivity contribution >= 4 is 12.0 Å². The van der Waals surface area contributed by atoms with E-state index in [2.05, 4.69) is 0 Å². The van der Waals surface area contributed by atoms with Crippen molar-refractivity contribution in [3.63, 3.8) is 0 Å². The number of hydroxylamine groups is 1. The number of anilines is 1. The third kappa shape index (κ3) is 2.44. The first kappa shape index (κ1) is 11.4. The highest BCUT2D eigenvalue weighted by atomic mass is 19.4. The van der Waals surface area contributed by atoms with Crippen LogP contribution >= 0.6 is 0 Å². The van der Waals surface area contributed by atoms with Crippen LogP contribution in [0.15, 0.2) is 18.2 Å². The monoisotopic (exact) mass is 222 g/mol. The van der Waals surface area contributed by atoms with Crippen molar-refractivity contribution in [2.75, 3.05) is 5.06 Å². The molecule has 0 fully saturated rings. The zero-order valence-corrected chi connectivity index (χ0v) is 7.22. The van der Waals surface area contributed by atoms with Gasteiger partial charge in [0.25, 0.3) is 0 Å². The highest BCUT2D eigenvalue weighted by molar-refractivity contribution is 5.73. The van der Waals surface area contributed by atoms with E-state index in [-0.39, 0.29) is 10.8 Å². The Morgan fingerprint density at radius 2 is 1.93 bits per heavy atom. The van der Waals surface area contributed by atoms with Crippen LogP contribution in [0.5, 0.6) is 0 Å². The standard InChI is InChI=1S/C8H6F4N2O/c9-7-2-1-5(14(15)4-13)3-6(7)8(10,11)12/h1-4,13,15H. The van der Waals surface area contributed by atoms with E-state index in [0.29, 0.717) is 18.5 Å². The number of halogens is 4. The molecule has 0 aliphatic rings.